The molecule has 0 saturated heterocycles. The number of nitrogens with zero attached hydrogens (tertiary/aromatic N) is 1. The summed E-state index contributed by atoms with van der Waals surface area (Å²) in [7, 11) is 0. The average molecular weight is 182 g/mol. The van der Waals surface area contributed by atoms with Gasteiger partial charge in [0.2, 0.25) is 0 Å². The van der Waals surface area contributed by atoms with Crippen molar-refractivity contribution in [2.45, 2.75) is 0 Å². The fourth-order valence-corrected chi connectivity index (χ4v) is 0.849. The molecule has 0 amide bonds. The van der Waals surface area contributed by atoms with Gasteiger partial charge in [-0.3, -0.25) is 0 Å². The van der Waals surface area contributed by atoms with E-state index in [1.54, 1.807) is 6.07 Å². The van der Waals surface area contributed by atoms with Crippen molar-refractivity contribution in [3.8, 4) is 11.8 Å². The van der Waals surface area contributed by atoms with Crippen LogP contribution >= 0.6 is 11.6 Å². The van der Waals surface area contributed by atoms with Gasteiger partial charge in [-0.2, -0.15) is 0 Å². The molecule has 0 aliphatic carbocycles. The summed E-state index contributed by atoms with van der Waals surface area (Å²) in [4.78, 5) is 3.83. The van der Waals surface area contributed by atoms with E-state index in [2.05, 4.69) is 16.8 Å². The van der Waals surface area contributed by atoms with Gasteiger partial charge in [0.1, 0.15) is 5.15 Å². The molecular weight excluding hydrogens is 174 g/mol. The molecule has 1 aromatic heterocycles. The van der Waals surface area contributed by atoms with E-state index < -0.39 is 0 Å². The molecule has 0 fully saturated rings. The number of anilines is 1. The van der Waals surface area contributed by atoms with Crippen molar-refractivity contribution in [1.82, 2.24) is 4.98 Å². The van der Waals surface area contributed by atoms with Crippen LogP contribution < -0.4 is 11.5 Å². The van der Waals surface area contributed by atoms with Gasteiger partial charge < -0.3 is 11.5 Å². The highest BCUT2D eigenvalue weighted by Crippen LogP contribution is 2.13. The molecule has 0 saturated carbocycles. The Balaban J connectivity index is 3.05. The van der Waals surface area contributed by atoms with Crippen LogP contribution in [0.1, 0.15) is 5.56 Å². The third-order valence-corrected chi connectivity index (χ3v) is 1.49. The zero-order valence-electron chi connectivity index (χ0n) is 6.34. The highest BCUT2D eigenvalue weighted by Gasteiger charge is 1.97. The maximum Gasteiger partial charge on any atom is 0.144 e. The van der Waals surface area contributed by atoms with Crippen LogP contribution in [0.25, 0.3) is 0 Å². The lowest BCUT2D eigenvalue weighted by Crippen LogP contribution is -1.94. The SMILES string of the molecule is NCC#Cc1cc(N)cnc1Cl. The van der Waals surface area contributed by atoms with Gasteiger partial charge in [-0.05, 0) is 6.07 Å². The third-order valence-electron chi connectivity index (χ3n) is 1.19. The fourth-order valence-electron chi connectivity index (χ4n) is 0.698. The number of nitrogens with two attached hydrogens (primary N) is 2. The number of hydrogen-bond acceptors (Lipinski definition) is 3. The predicted octanol–water partition coefficient (Wildman–Crippen LogP) is 0.627. The van der Waals surface area contributed by atoms with Crippen LogP contribution in [0.3, 0.4) is 0 Å². The molecule has 0 radical (unpaired) electrons. The second kappa shape index (κ2) is 3.96. The number of rotatable bonds is 0. The molecule has 1 heterocycles. The summed E-state index contributed by atoms with van der Waals surface area (Å²) in [6, 6.07) is 1.66. The van der Waals surface area contributed by atoms with E-state index in [4.69, 9.17) is 23.1 Å². The van der Waals surface area contributed by atoms with Gasteiger partial charge in [0.15, 0.2) is 0 Å². The summed E-state index contributed by atoms with van der Waals surface area (Å²) in [5.41, 5.74) is 11.8. The molecule has 12 heavy (non-hydrogen) atoms. The lowest BCUT2D eigenvalue weighted by molar-refractivity contribution is 1.29. The molecule has 0 spiro atoms. The zero-order valence-corrected chi connectivity index (χ0v) is 7.10. The van der Waals surface area contributed by atoms with Crippen molar-refractivity contribution in [2.75, 3.05) is 12.3 Å². The van der Waals surface area contributed by atoms with Crippen molar-refractivity contribution >= 4 is 17.3 Å². The Hall–Kier alpha value is -1.24. The molecular formula is C8H8ClN3. The van der Waals surface area contributed by atoms with E-state index in [0.717, 1.165) is 0 Å². The highest BCUT2D eigenvalue weighted by atomic mass is 35.5. The molecule has 3 nitrogen and oxygen atoms in total. The topological polar surface area (TPSA) is 64.9 Å². The average Bonchev–Trinajstić information content (AvgIpc) is 2.07. The first-order valence-electron chi connectivity index (χ1n) is 3.34. The first-order chi connectivity index (χ1) is 5.74. The van der Waals surface area contributed by atoms with Gasteiger partial charge in [0.05, 0.1) is 24.0 Å². The van der Waals surface area contributed by atoms with E-state index in [0.29, 0.717) is 22.9 Å². The van der Waals surface area contributed by atoms with Gasteiger partial charge in [-0.25, -0.2) is 4.98 Å². The van der Waals surface area contributed by atoms with Gasteiger partial charge in [-0.15, -0.1) is 0 Å². The Kier molecular flexibility index (Phi) is 2.92. The Morgan fingerprint density at radius 3 is 3.00 bits per heavy atom. The van der Waals surface area contributed by atoms with Crippen molar-refractivity contribution in [3.05, 3.63) is 23.0 Å². The second-order valence-electron chi connectivity index (χ2n) is 2.11. The molecule has 0 unspecified atom stereocenters. The van der Waals surface area contributed by atoms with E-state index in [1.165, 1.54) is 6.20 Å². The van der Waals surface area contributed by atoms with E-state index in [9.17, 15) is 0 Å². The summed E-state index contributed by atoms with van der Waals surface area (Å²) in [5.74, 6) is 5.43. The molecule has 4 heteroatoms. The van der Waals surface area contributed by atoms with Gasteiger partial charge >= 0.3 is 0 Å². The zero-order chi connectivity index (χ0) is 8.97. The maximum atomic E-state index is 5.72. The molecule has 0 aromatic carbocycles. The fraction of sp³-hybridized carbons (Fsp3) is 0.125. The molecule has 1 aromatic rings. The molecule has 0 bridgehead atoms. The summed E-state index contributed by atoms with van der Waals surface area (Å²) in [6.45, 7) is 0.297. The smallest absolute Gasteiger partial charge is 0.144 e. The minimum absolute atomic E-state index is 0.297. The van der Waals surface area contributed by atoms with Gasteiger partial charge in [0, 0.05) is 0 Å². The van der Waals surface area contributed by atoms with Gasteiger partial charge in [-0.1, -0.05) is 23.4 Å². The van der Waals surface area contributed by atoms with Crippen LogP contribution in [0.4, 0.5) is 5.69 Å². The second-order valence-corrected chi connectivity index (χ2v) is 2.47. The van der Waals surface area contributed by atoms with Crippen molar-refractivity contribution in [2.24, 2.45) is 5.73 Å². The third kappa shape index (κ3) is 2.12. The normalized spacial score (nSPS) is 8.83. The molecule has 62 valence electrons. The Morgan fingerprint density at radius 1 is 1.58 bits per heavy atom. The van der Waals surface area contributed by atoms with Crippen LogP contribution in [0, 0.1) is 11.8 Å². The van der Waals surface area contributed by atoms with E-state index >= 15 is 0 Å². The number of pyridine rings is 1. The first kappa shape index (κ1) is 8.85. The number of aromatic nitrogens is 1. The quantitative estimate of drug-likeness (QED) is 0.456. The van der Waals surface area contributed by atoms with Crippen LogP contribution in [-0.4, -0.2) is 11.5 Å². The minimum atomic E-state index is 0.297. The van der Waals surface area contributed by atoms with E-state index in [1.807, 2.05) is 0 Å². The predicted molar refractivity (Wildman–Crippen MR) is 49.6 cm³/mol. The number of nitrogen functional groups attached to an aromatic ring is 1. The van der Waals surface area contributed by atoms with E-state index in [-0.39, 0.29) is 0 Å². The van der Waals surface area contributed by atoms with Crippen LogP contribution in [-0.2, 0) is 0 Å². The Labute approximate surface area is 75.7 Å². The minimum Gasteiger partial charge on any atom is -0.397 e. The standard InChI is InChI=1S/C8H8ClN3/c9-8-6(2-1-3-10)4-7(11)5-12-8/h4-5H,3,10-11H2. The molecule has 0 atom stereocenters. The molecule has 4 N–H and O–H groups in total. The molecule has 0 aliphatic heterocycles. The monoisotopic (exact) mass is 181 g/mol. The summed E-state index contributed by atoms with van der Waals surface area (Å²) < 4.78 is 0. The van der Waals surface area contributed by atoms with Crippen LogP contribution in [0.5, 0.6) is 0 Å². The molecule has 0 aliphatic rings. The summed E-state index contributed by atoms with van der Waals surface area (Å²) >= 11 is 5.72. The van der Waals surface area contributed by atoms with Crippen molar-refractivity contribution in [1.29, 1.82) is 0 Å². The number of hydrogen-bond donors (Lipinski definition) is 2. The first-order valence-corrected chi connectivity index (χ1v) is 3.72. The van der Waals surface area contributed by atoms with Crippen molar-refractivity contribution in [3.63, 3.8) is 0 Å². The van der Waals surface area contributed by atoms with Gasteiger partial charge in [0.25, 0.3) is 0 Å². The lowest BCUT2D eigenvalue weighted by Gasteiger charge is -1.95. The maximum absolute atomic E-state index is 5.72. The van der Waals surface area contributed by atoms with Crippen molar-refractivity contribution < 1.29 is 0 Å². The summed E-state index contributed by atoms with van der Waals surface area (Å²) in [5, 5.41) is 0.352. The Morgan fingerprint density at radius 2 is 2.33 bits per heavy atom. The Bertz CT molecular complexity index is 338. The highest BCUT2D eigenvalue weighted by molar-refractivity contribution is 6.30. The summed E-state index contributed by atoms with van der Waals surface area (Å²) in [6.07, 6.45) is 1.48. The molecule has 1 rings (SSSR count). The number of halogens is 1. The lowest BCUT2D eigenvalue weighted by atomic mass is 10.2. The van der Waals surface area contributed by atoms with Crippen LogP contribution in [0.15, 0.2) is 12.3 Å². The van der Waals surface area contributed by atoms with Crippen LogP contribution in [0.2, 0.25) is 5.15 Å². The largest absolute Gasteiger partial charge is 0.397 e.